The van der Waals surface area contributed by atoms with Crippen LogP contribution in [0.2, 0.25) is 0 Å². The molecule has 2 aromatic heterocycles. The summed E-state index contributed by atoms with van der Waals surface area (Å²) in [6.07, 6.45) is 1.49. The van der Waals surface area contributed by atoms with Crippen LogP contribution in [0, 0.1) is 6.92 Å². The fourth-order valence-corrected chi connectivity index (χ4v) is 2.51. The van der Waals surface area contributed by atoms with Gasteiger partial charge in [-0.15, -0.1) is 5.10 Å². The van der Waals surface area contributed by atoms with Crippen LogP contribution in [0.4, 0.5) is 0 Å². The molecule has 0 bridgehead atoms. The average Bonchev–Trinajstić information content (AvgIpc) is 3.09. The Morgan fingerprint density at radius 3 is 2.80 bits per heavy atom. The Hall–Kier alpha value is -2.94. The van der Waals surface area contributed by atoms with Crippen molar-refractivity contribution in [1.82, 2.24) is 24.7 Å². The smallest absolute Gasteiger partial charge is 0.316 e. The van der Waals surface area contributed by atoms with E-state index in [9.17, 15) is 4.79 Å². The molecule has 0 saturated carbocycles. The Bertz CT molecular complexity index is 869. The minimum atomic E-state index is -0.341. The number of nitrogens with zero attached hydrogens (tertiary/aromatic N) is 5. The maximum atomic E-state index is 11.2. The number of hydrogen-bond donors (Lipinski definition) is 0. The standard InChI is InChI=1S/C16H15N5O3S/c1-11-8-13(24-12-6-4-3-5-7-12)19-15(18-11)21-10-17-16(20-21)25-9-14(22)23-2/h3-8,10H,9H2,1-2H3. The van der Waals surface area contributed by atoms with Gasteiger partial charge in [-0.3, -0.25) is 4.79 Å². The summed E-state index contributed by atoms with van der Waals surface area (Å²) in [7, 11) is 1.34. The second-order valence-electron chi connectivity index (χ2n) is 4.90. The predicted molar refractivity (Wildman–Crippen MR) is 90.9 cm³/mol. The van der Waals surface area contributed by atoms with Gasteiger partial charge < -0.3 is 9.47 Å². The molecule has 3 rings (SSSR count). The van der Waals surface area contributed by atoms with Crippen LogP contribution in [0.3, 0.4) is 0 Å². The molecule has 0 aliphatic rings. The minimum Gasteiger partial charge on any atom is -0.468 e. The van der Waals surface area contributed by atoms with E-state index in [4.69, 9.17) is 4.74 Å². The fourth-order valence-electron chi connectivity index (χ4n) is 1.88. The van der Waals surface area contributed by atoms with E-state index in [1.807, 2.05) is 37.3 Å². The molecule has 0 atom stereocenters. The topological polar surface area (TPSA) is 92.0 Å². The molecule has 9 heteroatoms. The van der Waals surface area contributed by atoms with Crippen molar-refractivity contribution >= 4 is 17.7 Å². The Balaban J connectivity index is 1.78. The van der Waals surface area contributed by atoms with Gasteiger partial charge in [0.15, 0.2) is 0 Å². The highest BCUT2D eigenvalue weighted by Crippen LogP contribution is 2.20. The van der Waals surface area contributed by atoms with Crippen molar-refractivity contribution in [2.24, 2.45) is 0 Å². The zero-order valence-electron chi connectivity index (χ0n) is 13.6. The molecule has 0 aliphatic heterocycles. The quantitative estimate of drug-likeness (QED) is 0.491. The monoisotopic (exact) mass is 357 g/mol. The van der Waals surface area contributed by atoms with Gasteiger partial charge in [0.25, 0.3) is 5.95 Å². The van der Waals surface area contributed by atoms with Crippen molar-refractivity contribution in [1.29, 1.82) is 0 Å². The van der Waals surface area contributed by atoms with Gasteiger partial charge in [-0.1, -0.05) is 30.0 Å². The zero-order chi connectivity index (χ0) is 17.6. The Morgan fingerprint density at radius 2 is 2.04 bits per heavy atom. The SMILES string of the molecule is COC(=O)CSc1ncn(-c2nc(C)cc(Oc3ccccc3)n2)n1. The van der Waals surface area contributed by atoms with Crippen LogP contribution in [0.25, 0.3) is 5.95 Å². The third-order valence-electron chi connectivity index (χ3n) is 3.01. The van der Waals surface area contributed by atoms with E-state index in [-0.39, 0.29) is 11.7 Å². The highest BCUT2D eigenvalue weighted by Gasteiger charge is 2.11. The van der Waals surface area contributed by atoms with E-state index in [1.165, 1.54) is 29.9 Å². The largest absolute Gasteiger partial charge is 0.468 e. The number of benzene rings is 1. The molecular formula is C16H15N5O3S. The Kier molecular flexibility index (Phi) is 5.24. The lowest BCUT2D eigenvalue weighted by molar-refractivity contribution is -0.137. The fraction of sp³-hybridized carbons (Fsp3) is 0.188. The van der Waals surface area contributed by atoms with Crippen molar-refractivity contribution in [2.45, 2.75) is 12.1 Å². The highest BCUT2D eigenvalue weighted by molar-refractivity contribution is 7.99. The number of rotatable bonds is 6. The third kappa shape index (κ3) is 4.54. The maximum Gasteiger partial charge on any atom is 0.316 e. The van der Waals surface area contributed by atoms with E-state index in [2.05, 4.69) is 24.8 Å². The molecule has 0 spiro atoms. The van der Waals surface area contributed by atoms with Crippen LogP contribution in [0.1, 0.15) is 5.69 Å². The lowest BCUT2D eigenvalue weighted by atomic mass is 10.3. The Labute approximate surface area is 148 Å². The predicted octanol–water partition coefficient (Wildman–Crippen LogP) is 2.42. The molecule has 128 valence electrons. The number of hydrogen-bond acceptors (Lipinski definition) is 8. The summed E-state index contributed by atoms with van der Waals surface area (Å²) in [4.78, 5) is 24.0. The summed E-state index contributed by atoms with van der Waals surface area (Å²) < 4.78 is 11.8. The number of carbonyl (C=O) groups is 1. The number of ether oxygens (including phenoxy) is 2. The molecule has 0 radical (unpaired) electrons. The lowest BCUT2D eigenvalue weighted by Gasteiger charge is -2.07. The second kappa shape index (κ2) is 7.75. The molecule has 1 aromatic carbocycles. The maximum absolute atomic E-state index is 11.2. The number of esters is 1. The number of thioether (sulfide) groups is 1. The summed E-state index contributed by atoms with van der Waals surface area (Å²) in [6, 6.07) is 11.1. The lowest BCUT2D eigenvalue weighted by Crippen LogP contribution is -2.05. The van der Waals surface area contributed by atoms with Crippen LogP contribution >= 0.6 is 11.8 Å². The van der Waals surface area contributed by atoms with Crippen molar-refractivity contribution in [3.8, 4) is 17.6 Å². The van der Waals surface area contributed by atoms with E-state index in [1.54, 1.807) is 6.07 Å². The van der Waals surface area contributed by atoms with Crippen LogP contribution in [-0.4, -0.2) is 43.6 Å². The molecule has 25 heavy (non-hydrogen) atoms. The molecule has 0 N–H and O–H groups in total. The third-order valence-corrected chi connectivity index (χ3v) is 3.83. The van der Waals surface area contributed by atoms with Gasteiger partial charge in [-0.25, -0.2) is 9.97 Å². The first kappa shape index (κ1) is 16.9. The molecule has 0 amide bonds. The minimum absolute atomic E-state index is 0.136. The number of para-hydroxylation sites is 1. The van der Waals surface area contributed by atoms with Crippen molar-refractivity contribution in [3.05, 3.63) is 48.4 Å². The van der Waals surface area contributed by atoms with Crippen LogP contribution < -0.4 is 4.74 Å². The number of aryl methyl sites for hydroxylation is 1. The van der Waals surface area contributed by atoms with E-state index in [0.717, 1.165) is 5.69 Å². The summed E-state index contributed by atoms with van der Waals surface area (Å²) in [5.74, 6) is 1.22. The first-order chi connectivity index (χ1) is 12.1. The van der Waals surface area contributed by atoms with Gasteiger partial charge in [0.1, 0.15) is 12.1 Å². The first-order valence-electron chi connectivity index (χ1n) is 7.34. The number of carbonyl (C=O) groups excluding carboxylic acids is 1. The van der Waals surface area contributed by atoms with E-state index >= 15 is 0 Å². The van der Waals surface area contributed by atoms with Crippen LogP contribution in [0.15, 0.2) is 47.9 Å². The van der Waals surface area contributed by atoms with Crippen molar-refractivity contribution < 1.29 is 14.3 Å². The van der Waals surface area contributed by atoms with Gasteiger partial charge >= 0.3 is 5.97 Å². The molecule has 8 nitrogen and oxygen atoms in total. The van der Waals surface area contributed by atoms with E-state index < -0.39 is 0 Å². The normalized spacial score (nSPS) is 10.5. The first-order valence-corrected chi connectivity index (χ1v) is 8.33. The molecule has 0 saturated heterocycles. The highest BCUT2D eigenvalue weighted by atomic mass is 32.2. The van der Waals surface area contributed by atoms with Gasteiger partial charge in [-0.2, -0.15) is 9.67 Å². The van der Waals surface area contributed by atoms with Crippen LogP contribution in [0.5, 0.6) is 11.6 Å². The molecule has 0 unspecified atom stereocenters. The molecular weight excluding hydrogens is 342 g/mol. The van der Waals surface area contributed by atoms with Gasteiger partial charge in [0, 0.05) is 11.8 Å². The molecule has 0 fully saturated rings. The van der Waals surface area contributed by atoms with Crippen LogP contribution in [-0.2, 0) is 9.53 Å². The summed E-state index contributed by atoms with van der Waals surface area (Å²) in [5, 5.41) is 4.69. The summed E-state index contributed by atoms with van der Waals surface area (Å²) in [6.45, 7) is 1.84. The second-order valence-corrected chi connectivity index (χ2v) is 5.84. The van der Waals surface area contributed by atoms with Crippen molar-refractivity contribution in [3.63, 3.8) is 0 Å². The van der Waals surface area contributed by atoms with Gasteiger partial charge in [0.2, 0.25) is 11.0 Å². The average molecular weight is 357 g/mol. The van der Waals surface area contributed by atoms with Gasteiger partial charge in [-0.05, 0) is 19.1 Å². The Morgan fingerprint density at radius 1 is 1.24 bits per heavy atom. The molecule has 0 aliphatic carbocycles. The van der Waals surface area contributed by atoms with Gasteiger partial charge in [0.05, 0.1) is 12.9 Å². The summed E-state index contributed by atoms with van der Waals surface area (Å²) >= 11 is 1.18. The zero-order valence-corrected chi connectivity index (χ0v) is 14.4. The molecule has 2 heterocycles. The summed E-state index contributed by atoms with van der Waals surface area (Å²) in [5.41, 5.74) is 0.732. The van der Waals surface area contributed by atoms with E-state index in [0.29, 0.717) is 22.7 Å². The molecule has 3 aromatic rings. The number of aromatic nitrogens is 5. The number of methoxy groups -OCH3 is 1. The van der Waals surface area contributed by atoms with Crippen molar-refractivity contribution in [2.75, 3.05) is 12.9 Å².